The van der Waals surface area contributed by atoms with Crippen LogP contribution in [0.4, 0.5) is 5.69 Å². The predicted octanol–water partition coefficient (Wildman–Crippen LogP) is 3.89. The van der Waals surface area contributed by atoms with Crippen molar-refractivity contribution in [2.45, 2.75) is 25.7 Å². The third-order valence-electron chi connectivity index (χ3n) is 5.48. The highest BCUT2D eigenvalue weighted by atomic mass is 16.1. The third kappa shape index (κ3) is 2.01. The van der Waals surface area contributed by atoms with Crippen molar-refractivity contribution in [3.8, 4) is 11.3 Å². The molecule has 2 heterocycles. The molecule has 0 unspecified atom stereocenters. The molecule has 0 saturated carbocycles. The van der Waals surface area contributed by atoms with E-state index in [1.807, 2.05) is 24.3 Å². The Hall–Kier alpha value is -2.55. The van der Waals surface area contributed by atoms with Crippen LogP contribution < -0.4 is 10.3 Å². The summed E-state index contributed by atoms with van der Waals surface area (Å²) in [5.41, 5.74) is 6.96. The van der Waals surface area contributed by atoms with E-state index in [9.17, 15) is 4.79 Å². The number of nitrogens with zero attached hydrogens (tertiary/aromatic N) is 1. The largest absolute Gasteiger partial charge is 0.372 e. The van der Waals surface area contributed by atoms with E-state index in [4.69, 9.17) is 0 Å². The summed E-state index contributed by atoms with van der Waals surface area (Å²) in [6, 6.07) is 14.6. The molecular formula is C21H20N2O. The van der Waals surface area contributed by atoms with Gasteiger partial charge in [-0.3, -0.25) is 4.79 Å². The number of benzene rings is 2. The summed E-state index contributed by atoms with van der Waals surface area (Å²) >= 11 is 0. The lowest BCUT2D eigenvalue weighted by Crippen LogP contribution is -2.20. The second-order valence-corrected chi connectivity index (χ2v) is 6.89. The van der Waals surface area contributed by atoms with Gasteiger partial charge in [-0.25, -0.2) is 0 Å². The van der Waals surface area contributed by atoms with E-state index in [2.05, 4.69) is 28.1 Å². The van der Waals surface area contributed by atoms with Crippen LogP contribution in [0.25, 0.3) is 22.2 Å². The fourth-order valence-electron chi connectivity index (χ4n) is 4.21. The molecule has 1 fully saturated rings. The van der Waals surface area contributed by atoms with Gasteiger partial charge in [-0.15, -0.1) is 0 Å². The summed E-state index contributed by atoms with van der Waals surface area (Å²) in [5.74, 6) is 0. The molecule has 0 spiro atoms. The van der Waals surface area contributed by atoms with Gasteiger partial charge in [0.25, 0.3) is 0 Å². The number of hydrogen-bond donors (Lipinski definition) is 1. The molecule has 0 bridgehead atoms. The molecule has 1 N–H and O–H groups in total. The molecule has 0 atom stereocenters. The Morgan fingerprint density at radius 3 is 2.67 bits per heavy atom. The van der Waals surface area contributed by atoms with Crippen molar-refractivity contribution >= 4 is 16.6 Å². The van der Waals surface area contributed by atoms with Gasteiger partial charge >= 0.3 is 0 Å². The van der Waals surface area contributed by atoms with Crippen LogP contribution in [0.1, 0.15) is 24.0 Å². The van der Waals surface area contributed by atoms with Crippen LogP contribution in [-0.4, -0.2) is 18.1 Å². The zero-order valence-electron chi connectivity index (χ0n) is 13.6. The second kappa shape index (κ2) is 5.23. The Bertz CT molecular complexity index is 996. The number of fused-ring (bicyclic) bond motifs is 4. The number of pyridine rings is 1. The lowest BCUT2D eigenvalue weighted by Gasteiger charge is -2.24. The van der Waals surface area contributed by atoms with Gasteiger partial charge in [0, 0.05) is 40.8 Å². The van der Waals surface area contributed by atoms with E-state index in [1.54, 1.807) is 0 Å². The molecule has 3 heteroatoms. The van der Waals surface area contributed by atoms with Crippen molar-refractivity contribution < 1.29 is 0 Å². The Morgan fingerprint density at radius 2 is 1.79 bits per heavy atom. The minimum absolute atomic E-state index is 0.189. The summed E-state index contributed by atoms with van der Waals surface area (Å²) in [5, 5.41) is 0.799. The molecule has 24 heavy (non-hydrogen) atoms. The van der Waals surface area contributed by atoms with Crippen molar-refractivity contribution in [1.82, 2.24) is 4.98 Å². The molecule has 120 valence electrons. The summed E-state index contributed by atoms with van der Waals surface area (Å²) < 4.78 is 0. The minimum atomic E-state index is 0.189. The van der Waals surface area contributed by atoms with Crippen molar-refractivity contribution in [2.24, 2.45) is 0 Å². The number of H-pyrrole nitrogens is 1. The van der Waals surface area contributed by atoms with E-state index in [1.165, 1.54) is 29.7 Å². The highest BCUT2D eigenvalue weighted by molar-refractivity contribution is 5.85. The minimum Gasteiger partial charge on any atom is -0.372 e. The normalized spacial score (nSPS) is 16.2. The number of rotatable bonds is 1. The van der Waals surface area contributed by atoms with Crippen molar-refractivity contribution in [1.29, 1.82) is 0 Å². The zero-order valence-corrected chi connectivity index (χ0v) is 13.6. The molecular weight excluding hydrogens is 296 g/mol. The number of aromatic nitrogens is 1. The van der Waals surface area contributed by atoms with Crippen molar-refractivity contribution in [3.05, 3.63) is 63.8 Å². The SMILES string of the molecule is O=c1c2c([nH]c3ccccc13)-c1ccc(N3CCCC3)cc1CC2. The highest BCUT2D eigenvalue weighted by Gasteiger charge is 2.22. The first-order valence-electron chi connectivity index (χ1n) is 8.83. The van der Waals surface area contributed by atoms with Crippen LogP contribution in [0, 0.1) is 0 Å². The number of nitrogens with one attached hydrogen (secondary N) is 1. The number of para-hydroxylation sites is 1. The molecule has 2 aromatic carbocycles. The van der Waals surface area contributed by atoms with Gasteiger partial charge in [-0.05, 0) is 55.5 Å². The smallest absolute Gasteiger partial charge is 0.193 e. The van der Waals surface area contributed by atoms with Crippen LogP contribution in [0.2, 0.25) is 0 Å². The maximum atomic E-state index is 12.8. The summed E-state index contributed by atoms with van der Waals surface area (Å²) in [6.45, 7) is 2.33. The molecule has 0 radical (unpaired) electrons. The van der Waals surface area contributed by atoms with Crippen LogP contribution in [-0.2, 0) is 12.8 Å². The summed E-state index contributed by atoms with van der Waals surface area (Å²) in [6.07, 6.45) is 4.36. The van der Waals surface area contributed by atoms with Crippen LogP contribution >= 0.6 is 0 Å². The number of hydrogen-bond acceptors (Lipinski definition) is 2. The van der Waals surface area contributed by atoms with E-state index < -0.39 is 0 Å². The molecule has 1 aliphatic carbocycles. The average Bonchev–Trinajstić information content (AvgIpc) is 3.16. The average molecular weight is 316 g/mol. The van der Waals surface area contributed by atoms with Gasteiger partial charge in [0.1, 0.15) is 0 Å². The Kier molecular flexibility index (Phi) is 3.02. The first-order chi connectivity index (χ1) is 11.8. The standard InChI is InChI=1S/C21H20N2O/c24-21-17-5-1-2-6-19(17)22-20-16-10-8-15(23-11-3-4-12-23)13-14(16)7-9-18(20)21/h1-2,5-6,8,10,13H,3-4,7,9,11-12H2,(H,22,24). The van der Waals surface area contributed by atoms with E-state index in [-0.39, 0.29) is 5.43 Å². The summed E-state index contributed by atoms with van der Waals surface area (Å²) in [7, 11) is 0. The molecule has 0 amide bonds. The predicted molar refractivity (Wildman–Crippen MR) is 98.9 cm³/mol. The van der Waals surface area contributed by atoms with E-state index in [0.717, 1.165) is 48.1 Å². The molecule has 1 aliphatic heterocycles. The molecule has 1 aromatic heterocycles. The molecule has 3 nitrogen and oxygen atoms in total. The number of aromatic amines is 1. The van der Waals surface area contributed by atoms with Crippen LogP contribution in [0.15, 0.2) is 47.3 Å². The third-order valence-corrected chi connectivity index (χ3v) is 5.48. The molecule has 2 aliphatic rings. The topological polar surface area (TPSA) is 36.1 Å². The maximum Gasteiger partial charge on any atom is 0.193 e. The fourth-order valence-corrected chi connectivity index (χ4v) is 4.21. The lowest BCUT2D eigenvalue weighted by atomic mass is 9.87. The van der Waals surface area contributed by atoms with Gasteiger partial charge in [-0.2, -0.15) is 0 Å². The second-order valence-electron chi connectivity index (χ2n) is 6.89. The lowest BCUT2D eigenvalue weighted by molar-refractivity contribution is 0.914. The van der Waals surface area contributed by atoms with Crippen molar-refractivity contribution in [3.63, 3.8) is 0 Å². The van der Waals surface area contributed by atoms with Gasteiger partial charge in [0.15, 0.2) is 5.43 Å². The van der Waals surface area contributed by atoms with Crippen LogP contribution in [0.3, 0.4) is 0 Å². The molecule has 3 aromatic rings. The Balaban J connectivity index is 1.69. The summed E-state index contributed by atoms with van der Waals surface area (Å²) in [4.78, 5) is 18.8. The monoisotopic (exact) mass is 316 g/mol. The highest BCUT2D eigenvalue weighted by Crippen LogP contribution is 2.34. The molecule has 1 saturated heterocycles. The molecule has 5 rings (SSSR count). The maximum absolute atomic E-state index is 12.8. The Morgan fingerprint density at radius 1 is 0.958 bits per heavy atom. The first-order valence-corrected chi connectivity index (χ1v) is 8.83. The number of aryl methyl sites for hydroxylation is 1. The van der Waals surface area contributed by atoms with E-state index >= 15 is 0 Å². The van der Waals surface area contributed by atoms with Gasteiger partial charge < -0.3 is 9.88 Å². The van der Waals surface area contributed by atoms with Crippen LogP contribution in [0.5, 0.6) is 0 Å². The van der Waals surface area contributed by atoms with Gasteiger partial charge in [0.2, 0.25) is 0 Å². The first kappa shape index (κ1) is 13.8. The van der Waals surface area contributed by atoms with Crippen molar-refractivity contribution in [2.75, 3.05) is 18.0 Å². The number of anilines is 1. The Labute approximate surface area is 140 Å². The fraction of sp³-hybridized carbons (Fsp3) is 0.286. The zero-order chi connectivity index (χ0) is 16.1. The van der Waals surface area contributed by atoms with Gasteiger partial charge in [0.05, 0.1) is 5.69 Å². The van der Waals surface area contributed by atoms with E-state index in [0.29, 0.717) is 0 Å². The van der Waals surface area contributed by atoms with Gasteiger partial charge in [-0.1, -0.05) is 18.2 Å². The quantitative estimate of drug-likeness (QED) is 0.739.